The summed E-state index contributed by atoms with van der Waals surface area (Å²) in [4.78, 5) is 11.7. The molecule has 19 heavy (non-hydrogen) atoms. The molecule has 6 heteroatoms. The first-order valence-corrected chi connectivity index (χ1v) is 6.82. The van der Waals surface area contributed by atoms with Crippen molar-refractivity contribution in [1.29, 1.82) is 0 Å². The first-order chi connectivity index (χ1) is 8.79. The van der Waals surface area contributed by atoms with E-state index in [1.165, 1.54) is 12.8 Å². The molecule has 0 aliphatic heterocycles. The summed E-state index contributed by atoms with van der Waals surface area (Å²) in [6.45, 7) is 4.34. The highest BCUT2D eigenvalue weighted by molar-refractivity contribution is 5.91. The Morgan fingerprint density at radius 3 is 3.00 bits per heavy atom. The Bertz CT molecular complexity index is 390. The number of rotatable bonds is 8. The minimum atomic E-state index is 0. The van der Waals surface area contributed by atoms with Crippen molar-refractivity contribution in [2.75, 3.05) is 18.4 Å². The zero-order chi connectivity index (χ0) is 12.8. The zero-order valence-corrected chi connectivity index (χ0v) is 12.2. The number of unbranched alkanes of at least 4 members (excludes halogenated alkanes) is 1. The van der Waals surface area contributed by atoms with E-state index in [9.17, 15) is 4.79 Å². The van der Waals surface area contributed by atoms with Gasteiger partial charge in [0, 0.05) is 12.6 Å². The molecule has 2 N–H and O–H groups in total. The van der Waals surface area contributed by atoms with Crippen molar-refractivity contribution in [1.82, 2.24) is 15.1 Å². The Balaban J connectivity index is 0.00000180. The van der Waals surface area contributed by atoms with Crippen LogP contribution in [0.1, 0.15) is 32.6 Å². The van der Waals surface area contributed by atoms with E-state index in [4.69, 9.17) is 0 Å². The first kappa shape index (κ1) is 16.0. The highest BCUT2D eigenvalue weighted by atomic mass is 35.5. The van der Waals surface area contributed by atoms with E-state index in [-0.39, 0.29) is 18.3 Å². The maximum atomic E-state index is 11.7. The van der Waals surface area contributed by atoms with Gasteiger partial charge in [-0.15, -0.1) is 12.4 Å². The Morgan fingerprint density at radius 1 is 1.53 bits per heavy atom. The molecule has 1 aromatic rings. The van der Waals surface area contributed by atoms with Gasteiger partial charge in [0.05, 0.1) is 12.7 Å². The van der Waals surface area contributed by atoms with Gasteiger partial charge in [-0.25, -0.2) is 4.68 Å². The standard InChI is InChI=1S/C13H22N4O.ClH/c1-2-3-8-17-12(6-7-15-17)16-13(18)10-14-9-11-4-5-11;/h6-7,11,14H,2-5,8-10H2,1H3,(H,16,18);1H. The van der Waals surface area contributed by atoms with Crippen LogP contribution in [0.2, 0.25) is 0 Å². The third kappa shape index (κ3) is 5.61. The molecule has 1 fully saturated rings. The quantitative estimate of drug-likeness (QED) is 0.769. The van der Waals surface area contributed by atoms with Gasteiger partial charge in [-0.05, 0) is 31.7 Å². The lowest BCUT2D eigenvalue weighted by Crippen LogP contribution is -2.30. The number of nitrogens with zero attached hydrogens (tertiary/aromatic N) is 2. The summed E-state index contributed by atoms with van der Waals surface area (Å²) in [6, 6.07) is 1.84. The van der Waals surface area contributed by atoms with Crippen LogP contribution in [0.5, 0.6) is 0 Å². The summed E-state index contributed by atoms with van der Waals surface area (Å²) in [5.41, 5.74) is 0. The van der Waals surface area contributed by atoms with Gasteiger partial charge in [-0.3, -0.25) is 4.79 Å². The number of nitrogens with one attached hydrogen (secondary N) is 2. The minimum absolute atomic E-state index is 0. The Morgan fingerprint density at radius 2 is 2.32 bits per heavy atom. The summed E-state index contributed by atoms with van der Waals surface area (Å²) < 4.78 is 1.85. The molecule has 0 aromatic carbocycles. The number of carbonyl (C=O) groups is 1. The summed E-state index contributed by atoms with van der Waals surface area (Å²) in [6.07, 6.45) is 6.53. The van der Waals surface area contributed by atoms with E-state index in [2.05, 4.69) is 22.7 Å². The molecule has 1 aromatic heterocycles. The molecule has 1 aliphatic carbocycles. The third-order valence-electron chi connectivity index (χ3n) is 3.12. The van der Waals surface area contributed by atoms with E-state index >= 15 is 0 Å². The van der Waals surface area contributed by atoms with Gasteiger partial charge in [0.15, 0.2) is 0 Å². The Hall–Kier alpha value is -1.07. The van der Waals surface area contributed by atoms with Crippen LogP contribution in [-0.2, 0) is 11.3 Å². The van der Waals surface area contributed by atoms with Crippen molar-refractivity contribution in [3.05, 3.63) is 12.3 Å². The fourth-order valence-corrected chi connectivity index (χ4v) is 1.82. The van der Waals surface area contributed by atoms with Crippen molar-refractivity contribution in [3.63, 3.8) is 0 Å². The van der Waals surface area contributed by atoms with E-state index in [0.29, 0.717) is 6.54 Å². The second-order valence-corrected chi connectivity index (χ2v) is 4.92. The maximum absolute atomic E-state index is 11.7. The zero-order valence-electron chi connectivity index (χ0n) is 11.4. The molecule has 0 radical (unpaired) electrons. The van der Waals surface area contributed by atoms with Crippen molar-refractivity contribution in [3.8, 4) is 0 Å². The van der Waals surface area contributed by atoms with Crippen molar-refractivity contribution < 1.29 is 4.79 Å². The fraction of sp³-hybridized carbons (Fsp3) is 0.692. The molecule has 2 rings (SSSR count). The Labute approximate surface area is 120 Å². The van der Waals surface area contributed by atoms with Gasteiger partial charge < -0.3 is 10.6 Å². The predicted octanol–water partition coefficient (Wildman–Crippen LogP) is 2.04. The molecule has 0 saturated heterocycles. The molecule has 5 nitrogen and oxygen atoms in total. The van der Waals surface area contributed by atoms with Crippen LogP contribution in [0.25, 0.3) is 0 Å². The SMILES string of the molecule is CCCCn1nccc1NC(=O)CNCC1CC1.Cl. The smallest absolute Gasteiger partial charge is 0.239 e. The number of aryl methyl sites for hydroxylation is 1. The van der Waals surface area contributed by atoms with Gasteiger partial charge >= 0.3 is 0 Å². The number of hydrogen-bond donors (Lipinski definition) is 2. The Kier molecular flexibility index (Phi) is 6.87. The van der Waals surface area contributed by atoms with Gasteiger partial charge in [0.25, 0.3) is 0 Å². The summed E-state index contributed by atoms with van der Waals surface area (Å²) in [7, 11) is 0. The molecule has 0 atom stereocenters. The monoisotopic (exact) mass is 286 g/mol. The normalized spacial score (nSPS) is 13.9. The predicted molar refractivity (Wildman–Crippen MR) is 78.6 cm³/mol. The van der Waals surface area contributed by atoms with E-state index in [1.807, 2.05) is 10.7 Å². The van der Waals surface area contributed by atoms with Crippen LogP contribution in [0.4, 0.5) is 5.82 Å². The maximum Gasteiger partial charge on any atom is 0.239 e. The number of aromatic nitrogens is 2. The van der Waals surface area contributed by atoms with E-state index in [0.717, 1.165) is 37.7 Å². The molecule has 1 saturated carbocycles. The molecule has 1 amide bonds. The van der Waals surface area contributed by atoms with Crippen LogP contribution in [-0.4, -0.2) is 28.8 Å². The topological polar surface area (TPSA) is 59.0 Å². The van der Waals surface area contributed by atoms with Gasteiger partial charge in [-0.2, -0.15) is 5.10 Å². The van der Waals surface area contributed by atoms with Crippen LogP contribution in [0.3, 0.4) is 0 Å². The van der Waals surface area contributed by atoms with Crippen molar-refractivity contribution >= 4 is 24.1 Å². The molecule has 108 valence electrons. The highest BCUT2D eigenvalue weighted by Crippen LogP contribution is 2.27. The second-order valence-electron chi connectivity index (χ2n) is 4.92. The lowest BCUT2D eigenvalue weighted by atomic mass is 10.3. The van der Waals surface area contributed by atoms with Crippen LogP contribution < -0.4 is 10.6 Å². The van der Waals surface area contributed by atoms with Crippen molar-refractivity contribution in [2.45, 2.75) is 39.2 Å². The van der Waals surface area contributed by atoms with Crippen LogP contribution in [0.15, 0.2) is 12.3 Å². The summed E-state index contributed by atoms with van der Waals surface area (Å²) in [5, 5.41) is 10.3. The fourth-order valence-electron chi connectivity index (χ4n) is 1.82. The average molecular weight is 287 g/mol. The average Bonchev–Trinajstić information content (AvgIpc) is 3.07. The molecule has 0 unspecified atom stereocenters. The van der Waals surface area contributed by atoms with Crippen LogP contribution >= 0.6 is 12.4 Å². The third-order valence-corrected chi connectivity index (χ3v) is 3.12. The molecular weight excluding hydrogens is 264 g/mol. The number of amides is 1. The summed E-state index contributed by atoms with van der Waals surface area (Å²) >= 11 is 0. The lowest BCUT2D eigenvalue weighted by Gasteiger charge is -2.09. The molecule has 1 heterocycles. The number of carbonyl (C=O) groups excluding carboxylic acids is 1. The van der Waals surface area contributed by atoms with Gasteiger partial charge in [-0.1, -0.05) is 13.3 Å². The minimum Gasteiger partial charge on any atom is -0.310 e. The van der Waals surface area contributed by atoms with E-state index in [1.54, 1.807) is 6.20 Å². The summed E-state index contributed by atoms with van der Waals surface area (Å²) in [5.74, 6) is 1.60. The van der Waals surface area contributed by atoms with Crippen LogP contribution in [0, 0.1) is 5.92 Å². The highest BCUT2D eigenvalue weighted by Gasteiger charge is 2.20. The van der Waals surface area contributed by atoms with Gasteiger partial charge in [0.2, 0.25) is 5.91 Å². The number of hydrogen-bond acceptors (Lipinski definition) is 3. The largest absolute Gasteiger partial charge is 0.310 e. The van der Waals surface area contributed by atoms with Crippen molar-refractivity contribution in [2.24, 2.45) is 5.92 Å². The molecule has 0 bridgehead atoms. The molecule has 1 aliphatic rings. The number of anilines is 1. The number of halogens is 1. The van der Waals surface area contributed by atoms with E-state index < -0.39 is 0 Å². The second kappa shape index (κ2) is 8.17. The molecule has 0 spiro atoms. The first-order valence-electron chi connectivity index (χ1n) is 6.82. The molecular formula is C13H23ClN4O. The lowest BCUT2D eigenvalue weighted by molar-refractivity contribution is -0.115. The van der Waals surface area contributed by atoms with Gasteiger partial charge in [0.1, 0.15) is 5.82 Å².